The number of hydrogen-bond acceptors (Lipinski definition) is 2. The summed E-state index contributed by atoms with van der Waals surface area (Å²) < 4.78 is 5.38. The van der Waals surface area contributed by atoms with Gasteiger partial charge in [0, 0.05) is 6.42 Å². The molecule has 3 saturated carbocycles. The molecular formula is C21H30O2. The molecule has 0 spiro atoms. The van der Waals surface area contributed by atoms with E-state index in [1.165, 1.54) is 37.7 Å². The largest absolute Gasteiger partial charge is 0.504 e. The highest BCUT2D eigenvalue weighted by molar-refractivity contribution is 5.91. The Morgan fingerprint density at radius 3 is 2.61 bits per heavy atom. The van der Waals surface area contributed by atoms with E-state index < -0.39 is 0 Å². The molecule has 5 atom stereocenters. The molecule has 0 heterocycles. The van der Waals surface area contributed by atoms with Crippen LogP contribution in [0.25, 0.3) is 0 Å². The zero-order chi connectivity index (χ0) is 16.2. The predicted molar refractivity (Wildman–Crippen MR) is 91.8 cm³/mol. The second-order valence-corrected chi connectivity index (χ2v) is 8.84. The minimum absolute atomic E-state index is 0.298. The molecule has 0 aromatic carbocycles. The maximum absolute atomic E-state index is 11.9. The molecule has 0 amide bonds. The summed E-state index contributed by atoms with van der Waals surface area (Å²) in [6.07, 6.45) is 13.5. The maximum atomic E-state index is 11.9. The first-order chi connectivity index (χ1) is 11.0. The molecule has 0 radical (unpaired) electrons. The molecule has 23 heavy (non-hydrogen) atoms. The molecule has 4 aliphatic carbocycles. The monoisotopic (exact) mass is 314 g/mol. The molecule has 0 bridgehead atoms. The van der Waals surface area contributed by atoms with Crippen LogP contribution in [0, 0.1) is 28.6 Å². The Bertz CT molecular complexity index is 587. The number of carbonyl (C=O) groups excluding carboxylic acids is 1. The molecular weight excluding hydrogens is 284 g/mol. The maximum Gasteiger partial charge on any atom is 0.155 e. The first-order valence-corrected chi connectivity index (χ1v) is 9.45. The average molecular weight is 314 g/mol. The van der Waals surface area contributed by atoms with Crippen molar-refractivity contribution in [2.45, 2.75) is 65.2 Å². The van der Waals surface area contributed by atoms with E-state index in [0.717, 1.165) is 37.0 Å². The van der Waals surface area contributed by atoms with Crippen LogP contribution in [0.2, 0.25) is 0 Å². The van der Waals surface area contributed by atoms with Crippen molar-refractivity contribution in [2.75, 3.05) is 7.11 Å². The fourth-order valence-corrected chi connectivity index (χ4v) is 6.74. The van der Waals surface area contributed by atoms with Crippen LogP contribution in [0.4, 0.5) is 0 Å². The van der Waals surface area contributed by atoms with Gasteiger partial charge in [0.15, 0.2) is 5.78 Å². The third-order valence-electron chi connectivity index (χ3n) is 8.07. The highest BCUT2D eigenvalue weighted by atomic mass is 16.5. The van der Waals surface area contributed by atoms with Gasteiger partial charge in [-0.2, -0.15) is 0 Å². The number of hydrogen-bond donors (Lipinski definition) is 0. The first kappa shape index (κ1) is 15.5. The number of allylic oxidation sites excluding steroid dienone is 2. The Kier molecular flexibility index (Phi) is 3.52. The normalized spacial score (nSPS) is 47.6. The van der Waals surface area contributed by atoms with E-state index in [2.05, 4.69) is 13.8 Å². The third-order valence-corrected chi connectivity index (χ3v) is 8.07. The fraction of sp³-hybridized carbons (Fsp3) is 0.762. The Morgan fingerprint density at radius 1 is 1.04 bits per heavy atom. The van der Waals surface area contributed by atoms with Crippen LogP contribution in [-0.2, 0) is 9.53 Å². The van der Waals surface area contributed by atoms with Gasteiger partial charge in [-0.15, -0.1) is 0 Å². The van der Waals surface area contributed by atoms with Gasteiger partial charge in [0.1, 0.15) is 0 Å². The zero-order valence-corrected chi connectivity index (χ0v) is 14.9. The van der Waals surface area contributed by atoms with Gasteiger partial charge < -0.3 is 4.74 Å². The van der Waals surface area contributed by atoms with Crippen LogP contribution < -0.4 is 0 Å². The van der Waals surface area contributed by atoms with Gasteiger partial charge in [-0.1, -0.05) is 19.4 Å². The summed E-state index contributed by atoms with van der Waals surface area (Å²) in [6.45, 7) is 4.95. The predicted octanol–water partition coefficient (Wildman–Crippen LogP) is 5.05. The van der Waals surface area contributed by atoms with Crippen LogP contribution in [0.1, 0.15) is 65.2 Å². The summed E-state index contributed by atoms with van der Waals surface area (Å²) in [5.74, 6) is 2.81. The van der Waals surface area contributed by atoms with E-state index in [1.807, 2.05) is 12.3 Å². The summed E-state index contributed by atoms with van der Waals surface area (Å²) in [7, 11) is 1.78. The van der Waals surface area contributed by atoms with Gasteiger partial charge in [-0.05, 0) is 85.2 Å². The van der Waals surface area contributed by atoms with Gasteiger partial charge in [0.25, 0.3) is 0 Å². The summed E-state index contributed by atoms with van der Waals surface area (Å²) in [6, 6.07) is 0. The Balaban J connectivity index is 1.67. The van der Waals surface area contributed by atoms with E-state index in [-0.39, 0.29) is 0 Å². The fourth-order valence-electron chi connectivity index (χ4n) is 6.74. The highest BCUT2D eigenvalue weighted by Crippen LogP contribution is 2.66. The standard InChI is InChI=1S/C21H30O2/c1-20-10-8-16(22)12-14(20)4-6-17-18-7-5-15(13-23-3)21(18,2)11-9-19(17)20/h12-13,17-19H,4-11H2,1-3H3/t17-,18-,19-,20-,21+/m0/s1. The summed E-state index contributed by atoms with van der Waals surface area (Å²) >= 11 is 0. The van der Waals surface area contributed by atoms with Crippen molar-refractivity contribution in [1.82, 2.24) is 0 Å². The molecule has 2 nitrogen and oxygen atoms in total. The minimum Gasteiger partial charge on any atom is -0.504 e. The van der Waals surface area contributed by atoms with Gasteiger partial charge >= 0.3 is 0 Å². The quantitative estimate of drug-likeness (QED) is 0.633. The van der Waals surface area contributed by atoms with Crippen molar-refractivity contribution in [3.63, 3.8) is 0 Å². The van der Waals surface area contributed by atoms with Crippen molar-refractivity contribution >= 4 is 5.78 Å². The lowest BCUT2D eigenvalue weighted by atomic mass is 9.47. The number of carbonyl (C=O) groups is 1. The Hall–Kier alpha value is -1.05. The highest BCUT2D eigenvalue weighted by Gasteiger charge is 2.57. The van der Waals surface area contributed by atoms with Gasteiger partial charge in [0.05, 0.1) is 13.4 Å². The minimum atomic E-state index is 0.298. The van der Waals surface area contributed by atoms with Crippen LogP contribution in [0.15, 0.2) is 23.5 Å². The SMILES string of the molecule is COC=C1CC[C@H]2[C@@H]3CCC4=CC(=O)CC[C@]4(C)[C@H]3CC[C@]12C. The topological polar surface area (TPSA) is 26.3 Å². The summed E-state index contributed by atoms with van der Waals surface area (Å²) in [5.41, 5.74) is 3.68. The second-order valence-electron chi connectivity index (χ2n) is 8.84. The molecule has 0 aromatic rings. The smallest absolute Gasteiger partial charge is 0.155 e. The van der Waals surface area contributed by atoms with E-state index in [0.29, 0.717) is 16.6 Å². The molecule has 4 rings (SSSR count). The molecule has 2 heteroatoms. The lowest BCUT2D eigenvalue weighted by Crippen LogP contribution is -2.49. The van der Waals surface area contributed by atoms with Crippen molar-refractivity contribution in [1.29, 1.82) is 0 Å². The summed E-state index contributed by atoms with van der Waals surface area (Å²) in [4.78, 5) is 11.9. The van der Waals surface area contributed by atoms with Crippen molar-refractivity contribution < 1.29 is 9.53 Å². The van der Waals surface area contributed by atoms with Crippen LogP contribution >= 0.6 is 0 Å². The second kappa shape index (κ2) is 5.22. The molecule has 0 aliphatic heterocycles. The Labute approximate surface area is 140 Å². The lowest BCUT2D eigenvalue weighted by Gasteiger charge is -2.57. The van der Waals surface area contributed by atoms with Crippen LogP contribution in [0.5, 0.6) is 0 Å². The number of ketones is 1. The average Bonchev–Trinajstić information content (AvgIpc) is 2.85. The number of rotatable bonds is 1. The lowest BCUT2D eigenvalue weighted by molar-refractivity contribution is -0.117. The van der Waals surface area contributed by atoms with Gasteiger partial charge in [-0.3, -0.25) is 4.79 Å². The molecule has 3 fully saturated rings. The number of fused-ring (bicyclic) bond motifs is 5. The number of methoxy groups -OCH3 is 1. The zero-order valence-electron chi connectivity index (χ0n) is 14.9. The summed E-state index contributed by atoms with van der Waals surface area (Å²) in [5, 5.41) is 0. The van der Waals surface area contributed by atoms with Gasteiger partial charge in [0.2, 0.25) is 0 Å². The molecule has 0 aromatic heterocycles. The van der Waals surface area contributed by atoms with Crippen LogP contribution in [-0.4, -0.2) is 12.9 Å². The molecule has 0 unspecified atom stereocenters. The van der Waals surface area contributed by atoms with Crippen molar-refractivity contribution in [3.8, 4) is 0 Å². The van der Waals surface area contributed by atoms with E-state index in [9.17, 15) is 4.79 Å². The number of ether oxygens (including phenoxy) is 1. The first-order valence-electron chi connectivity index (χ1n) is 9.45. The van der Waals surface area contributed by atoms with Gasteiger partial charge in [-0.25, -0.2) is 0 Å². The van der Waals surface area contributed by atoms with E-state index in [4.69, 9.17) is 4.74 Å². The third kappa shape index (κ3) is 2.09. The van der Waals surface area contributed by atoms with Crippen molar-refractivity contribution in [2.24, 2.45) is 28.6 Å². The molecule has 0 saturated heterocycles. The molecule has 4 aliphatic rings. The van der Waals surface area contributed by atoms with Crippen molar-refractivity contribution in [3.05, 3.63) is 23.5 Å². The van der Waals surface area contributed by atoms with E-state index in [1.54, 1.807) is 12.7 Å². The van der Waals surface area contributed by atoms with Crippen LogP contribution in [0.3, 0.4) is 0 Å². The molecule has 0 N–H and O–H groups in total. The molecule has 126 valence electrons. The van der Waals surface area contributed by atoms with E-state index >= 15 is 0 Å². The Morgan fingerprint density at radius 2 is 1.83 bits per heavy atom.